The Morgan fingerprint density at radius 2 is 1.59 bits per heavy atom. The van der Waals surface area contributed by atoms with Crippen molar-refractivity contribution in [3.05, 3.63) is 99.0 Å². The van der Waals surface area contributed by atoms with Crippen LogP contribution in [0.1, 0.15) is 26.3 Å². The zero-order valence-electron chi connectivity index (χ0n) is 15.4. The van der Waals surface area contributed by atoms with Crippen LogP contribution < -0.4 is 9.47 Å². The average molecular weight is 472 g/mol. The van der Waals surface area contributed by atoms with E-state index in [-0.39, 0.29) is 5.78 Å². The summed E-state index contributed by atoms with van der Waals surface area (Å²) in [6, 6.07) is 18.3. The monoisotopic (exact) mass is 470 g/mol. The largest absolute Gasteiger partial charge is 0.496 e. The molecule has 0 heterocycles. The molecule has 3 rings (SSSR count). The van der Waals surface area contributed by atoms with Gasteiger partial charge in [0, 0.05) is 20.6 Å². The third-order valence-electron chi connectivity index (χ3n) is 4.04. The summed E-state index contributed by atoms with van der Waals surface area (Å²) in [5.41, 5.74) is 1.64. The molecule has 0 fully saturated rings. The van der Waals surface area contributed by atoms with E-state index >= 15 is 0 Å². The number of hydrogen-bond acceptors (Lipinski definition) is 4. The number of benzene rings is 3. The minimum absolute atomic E-state index is 0.178. The highest BCUT2D eigenvalue weighted by molar-refractivity contribution is 9.10. The smallest absolute Gasteiger partial charge is 0.343 e. The number of halogens is 2. The van der Waals surface area contributed by atoms with Gasteiger partial charge in [-0.05, 0) is 78.9 Å². The van der Waals surface area contributed by atoms with E-state index in [4.69, 9.17) is 21.1 Å². The van der Waals surface area contributed by atoms with Crippen molar-refractivity contribution < 1.29 is 19.1 Å². The van der Waals surface area contributed by atoms with E-state index in [0.717, 1.165) is 10.0 Å². The number of carbonyl (C=O) groups excluding carboxylic acids is 2. The Morgan fingerprint density at radius 1 is 0.931 bits per heavy atom. The zero-order valence-corrected chi connectivity index (χ0v) is 17.7. The van der Waals surface area contributed by atoms with Gasteiger partial charge in [-0.15, -0.1) is 0 Å². The van der Waals surface area contributed by atoms with Crippen molar-refractivity contribution in [2.24, 2.45) is 0 Å². The number of ketones is 1. The molecule has 6 heteroatoms. The van der Waals surface area contributed by atoms with Gasteiger partial charge < -0.3 is 9.47 Å². The Labute approximate surface area is 181 Å². The van der Waals surface area contributed by atoms with E-state index in [1.807, 2.05) is 18.2 Å². The molecule has 0 amide bonds. The normalized spacial score (nSPS) is 10.7. The van der Waals surface area contributed by atoms with E-state index in [1.165, 1.54) is 6.08 Å². The lowest BCUT2D eigenvalue weighted by Crippen LogP contribution is -2.08. The first kappa shape index (κ1) is 20.8. The second kappa shape index (κ2) is 9.54. The van der Waals surface area contributed by atoms with Crippen LogP contribution in [0.25, 0.3) is 6.08 Å². The molecule has 0 aliphatic carbocycles. The van der Waals surface area contributed by atoms with Gasteiger partial charge in [0.25, 0.3) is 0 Å². The SMILES string of the molecule is COc1ccc(Br)cc1/C=C/C(=O)c1ccc(OC(=O)c2ccc(Cl)cc2)cc1. The molecule has 3 aromatic carbocycles. The van der Waals surface area contributed by atoms with E-state index in [0.29, 0.717) is 27.6 Å². The first-order valence-electron chi connectivity index (χ1n) is 8.60. The molecule has 0 aromatic heterocycles. The molecule has 0 atom stereocenters. The number of carbonyl (C=O) groups is 2. The van der Waals surface area contributed by atoms with E-state index in [9.17, 15) is 9.59 Å². The summed E-state index contributed by atoms with van der Waals surface area (Å²) < 4.78 is 11.5. The number of hydrogen-bond donors (Lipinski definition) is 0. The van der Waals surface area contributed by atoms with Crippen LogP contribution in [0, 0.1) is 0 Å². The van der Waals surface area contributed by atoms with Crippen molar-refractivity contribution in [3.8, 4) is 11.5 Å². The van der Waals surface area contributed by atoms with Gasteiger partial charge in [0.05, 0.1) is 12.7 Å². The second-order valence-corrected chi connectivity index (χ2v) is 7.36. The van der Waals surface area contributed by atoms with Gasteiger partial charge in [-0.2, -0.15) is 0 Å². The number of ether oxygens (including phenoxy) is 2. The molecule has 0 aliphatic heterocycles. The Morgan fingerprint density at radius 3 is 2.24 bits per heavy atom. The van der Waals surface area contributed by atoms with Crippen LogP contribution >= 0.6 is 27.5 Å². The topological polar surface area (TPSA) is 52.6 Å². The summed E-state index contributed by atoms with van der Waals surface area (Å²) in [7, 11) is 1.58. The quantitative estimate of drug-likeness (QED) is 0.185. The molecular formula is C23H16BrClO4. The first-order valence-corrected chi connectivity index (χ1v) is 9.77. The van der Waals surface area contributed by atoms with E-state index in [2.05, 4.69) is 15.9 Å². The highest BCUT2D eigenvalue weighted by Crippen LogP contribution is 2.24. The van der Waals surface area contributed by atoms with Crippen molar-refractivity contribution in [1.29, 1.82) is 0 Å². The molecule has 0 N–H and O–H groups in total. The zero-order chi connectivity index (χ0) is 20.8. The molecule has 0 unspecified atom stereocenters. The minimum atomic E-state index is -0.498. The number of esters is 1. The Bertz CT molecular complexity index is 1060. The highest BCUT2D eigenvalue weighted by atomic mass is 79.9. The molecule has 4 nitrogen and oxygen atoms in total. The van der Waals surface area contributed by atoms with Crippen molar-refractivity contribution >= 4 is 45.4 Å². The van der Waals surface area contributed by atoms with Gasteiger partial charge >= 0.3 is 5.97 Å². The van der Waals surface area contributed by atoms with Gasteiger partial charge in [-0.3, -0.25) is 4.79 Å². The summed E-state index contributed by atoms with van der Waals surface area (Å²) in [6.45, 7) is 0. The molecular weight excluding hydrogens is 456 g/mol. The van der Waals surface area contributed by atoms with Crippen molar-refractivity contribution in [2.75, 3.05) is 7.11 Å². The van der Waals surface area contributed by atoms with Crippen LogP contribution in [0.15, 0.2) is 77.3 Å². The van der Waals surface area contributed by atoms with Gasteiger partial charge in [-0.1, -0.05) is 27.5 Å². The highest BCUT2D eigenvalue weighted by Gasteiger charge is 2.09. The molecule has 0 aliphatic rings. The molecule has 0 saturated heterocycles. The minimum Gasteiger partial charge on any atom is -0.496 e. The lowest BCUT2D eigenvalue weighted by Gasteiger charge is -2.06. The maximum atomic E-state index is 12.4. The predicted molar refractivity (Wildman–Crippen MR) is 117 cm³/mol. The third kappa shape index (κ3) is 5.56. The van der Waals surface area contributed by atoms with Crippen LogP contribution in [-0.2, 0) is 0 Å². The van der Waals surface area contributed by atoms with Gasteiger partial charge in [0.15, 0.2) is 5.78 Å². The third-order valence-corrected chi connectivity index (χ3v) is 4.78. The summed E-state index contributed by atoms with van der Waals surface area (Å²) in [6.07, 6.45) is 3.17. The van der Waals surface area contributed by atoms with Crippen LogP contribution in [0.4, 0.5) is 0 Å². The fourth-order valence-electron chi connectivity index (χ4n) is 2.54. The van der Waals surface area contributed by atoms with Crippen LogP contribution in [0.2, 0.25) is 5.02 Å². The predicted octanol–water partition coefficient (Wildman–Crippen LogP) is 6.23. The maximum absolute atomic E-state index is 12.4. The van der Waals surface area contributed by atoms with Gasteiger partial charge in [0.1, 0.15) is 11.5 Å². The van der Waals surface area contributed by atoms with Crippen LogP contribution in [0.5, 0.6) is 11.5 Å². The average Bonchev–Trinajstić information content (AvgIpc) is 2.73. The maximum Gasteiger partial charge on any atom is 0.343 e. The first-order chi connectivity index (χ1) is 14.0. The molecule has 0 saturated carbocycles. The summed E-state index contributed by atoms with van der Waals surface area (Å²) in [4.78, 5) is 24.6. The fraction of sp³-hybridized carbons (Fsp3) is 0.0435. The number of rotatable bonds is 6. The molecule has 29 heavy (non-hydrogen) atoms. The molecule has 0 spiro atoms. The number of allylic oxidation sites excluding steroid dienone is 1. The Balaban J connectivity index is 1.68. The summed E-state index contributed by atoms with van der Waals surface area (Å²) in [5, 5.41) is 0.540. The Hall–Kier alpha value is -2.89. The van der Waals surface area contributed by atoms with E-state index < -0.39 is 5.97 Å². The fourth-order valence-corrected chi connectivity index (χ4v) is 3.04. The van der Waals surface area contributed by atoms with Gasteiger partial charge in [0.2, 0.25) is 0 Å². The van der Waals surface area contributed by atoms with Crippen LogP contribution in [-0.4, -0.2) is 18.9 Å². The van der Waals surface area contributed by atoms with Crippen LogP contribution in [0.3, 0.4) is 0 Å². The molecule has 0 radical (unpaired) electrons. The number of methoxy groups -OCH3 is 1. The van der Waals surface area contributed by atoms with Crippen molar-refractivity contribution in [3.63, 3.8) is 0 Å². The summed E-state index contributed by atoms with van der Waals surface area (Å²) >= 11 is 9.22. The van der Waals surface area contributed by atoms with Crippen molar-refractivity contribution in [2.45, 2.75) is 0 Å². The lowest BCUT2D eigenvalue weighted by atomic mass is 10.1. The van der Waals surface area contributed by atoms with Gasteiger partial charge in [-0.25, -0.2) is 4.79 Å². The molecule has 146 valence electrons. The van der Waals surface area contributed by atoms with Crippen molar-refractivity contribution in [1.82, 2.24) is 0 Å². The second-order valence-electron chi connectivity index (χ2n) is 6.00. The summed E-state index contributed by atoms with van der Waals surface area (Å²) in [5.74, 6) is 0.339. The standard InChI is InChI=1S/C23H16BrClO4/c1-28-22-13-7-18(24)14-17(22)6-12-21(26)15-4-10-20(11-5-15)29-23(27)16-2-8-19(25)9-3-16/h2-14H,1H3/b12-6+. The molecule has 0 bridgehead atoms. The Kier molecular flexibility index (Phi) is 6.86. The lowest BCUT2D eigenvalue weighted by molar-refractivity contribution is 0.0734. The van der Waals surface area contributed by atoms with E-state index in [1.54, 1.807) is 61.7 Å². The molecule has 3 aromatic rings.